The highest BCUT2D eigenvalue weighted by Gasteiger charge is 2.30. The van der Waals surface area contributed by atoms with Gasteiger partial charge in [-0.25, -0.2) is 4.57 Å². The van der Waals surface area contributed by atoms with Gasteiger partial charge < -0.3 is 19.4 Å². The van der Waals surface area contributed by atoms with Crippen molar-refractivity contribution in [2.24, 2.45) is 0 Å². The lowest BCUT2D eigenvalue weighted by atomic mass is 10.0. The number of likely N-dealkylation sites (N-methyl/N-ethyl adjacent to an activating group) is 1. The molecule has 9 nitrogen and oxygen atoms in total. The van der Waals surface area contributed by atoms with Crippen LogP contribution in [-0.4, -0.2) is 74.3 Å². The van der Waals surface area contributed by atoms with Crippen LogP contribution >= 0.6 is 7.82 Å². The van der Waals surface area contributed by atoms with E-state index in [2.05, 4.69) is 86.8 Å². The molecule has 1 amide bonds. The number of hydrogen-bond donors (Lipinski definition) is 2. The van der Waals surface area contributed by atoms with E-state index in [4.69, 9.17) is 13.8 Å². The molecular weight excluding hydrogens is 1010 g/mol. The van der Waals surface area contributed by atoms with Crippen LogP contribution in [-0.2, 0) is 27.9 Å². The van der Waals surface area contributed by atoms with Gasteiger partial charge in [-0.2, -0.15) is 0 Å². The SMILES string of the molecule is CC/C=C\C/C=C\C/C=C\C/C=C\C/C=C\CCCCCCCCCCCC(=O)NC(COP(=O)(O)OCC[N+](C)(C)C)C(/C=C\CCCCCCCCCCCC)OC(=O)CCCCCCCCCCCCCCCCCCC. The Morgan fingerprint density at radius 2 is 0.800 bits per heavy atom. The van der Waals surface area contributed by atoms with E-state index in [0.29, 0.717) is 23.9 Å². The van der Waals surface area contributed by atoms with Crippen molar-refractivity contribution in [2.75, 3.05) is 40.9 Å². The number of nitrogens with zero attached hydrogens (tertiary/aromatic N) is 1. The molecule has 0 aromatic heterocycles. The molecule has 0 aliphatic heterocycles. The van der Waals surface area contributed by atoms with Gasteiger partial charge in [-0.1, -0.05) is 293 Å². The lowest BCUT2D eigenvalue weighted by Crippen LogP contribution is -2.47. The van der Waals surface area contributed by atoms with Crippen LogP contribution in [0.4, 0.5) is 0 Å². The number of carbonyl (C=O) groups excluding carboxylic acids is 2. The molecule has 10 heteroatoms. The number of phosphoric acid groups is 1. The summed E-state index contributed by atoms with van der Waals surface area (Å²) in [4.78, 5) is 37.8. The number of esters is 1. The van der Waals surface area contributed by atoms with E-state index < -0.39 is 20.0 Å². The fourth-order valence-electron chi connectivity index (χ4n) is 9.73. The molecule has 0 aliphatic carbocycles. The molecule has 0 saturated heterocycles. The summed E-state index contributed by atoms with van der Waals surface area (Å²) < 4.78 is 30.8. The first-order valence-electron chi connectivity index (χ1n) is 33.8. The Morgan fingerprint density at radius 3 is 1.20 bits per heavy atom. The first kappa shape index (κ1) is 77.5. The van der Waals surface area contributed by atoms with Gasteiger partial charge in [-0.15, -0.1) is 0 Å². The van der Waals surface area contributed by atoms with Crippen molar-refractivity contribution >= 4 is 19.7 Å². The van der Waals surface area contributed by atoms with Crippen molar-refractivity contribution in [2.45, 2.75) is 322 Å². The van der Waals surface area contributed by atoms with Gasteiger partial charge >= 0.3 is 13.8 Å². The summed E-state index contributed by atoms with van der Waals surface area (Å²) in [6.45, 7) is 6.93. The fraction of sp³-hybridized carbons (Fsp3) is 0.800. The standard InChI is InChI=1S/C70H129N2O7P/c1-7-10-13-16-19-22-25-28-30-32-33-34-35-36-37-38-39-41-42-44-47-50-53-56-59-62-69(73)71-67(66-78-80(75,76)77-65-64-72(4,5)6)68(61-58-55-52-49-46-27-24-21-18-15-12-9-3)79-70(74)63-60-57-54-51-48-45-43-40-31-29-26-23-20-17-14-11-8-2/h10,13,19,22,28,30,33-34,36-37,58,61,67-68H,7-9,11-12,14-18,20-21,23-27,29,31-32,35,38-57,59-60,62-66H2,1-6H3,(H-,71,73,75,76)/p+1/b13-10-,22-19-,30-28-,34-33-,37-36-,61-58-. The molecule has 2 N–H and O–H groups in total. The molecule has 80 heavy (non-hydrogen) atoms. The number of quaternary nitrogens is 1. The second kappa shape index (κ2) is 59.6. The normalized spacial score (nSPS) is 14.0. The summed E-state index contributed by atoms with van der Waals surface area (Å²) in [5.41, 5.74) is 0. The van der Waals surface area contributed by atoms with Gasteiger partial charge in [-0.3, -0.25) is 18.6 Å². The number of hydrogen-bond acceptors (Lipinski definition) is 6. The van der Waals surface area contributed by atoms with Gasteiger partial charge in [0.05, 0.1) is 33.8 Å². The summed E-state index contributed by atoms with van der Waals surface area (Å²) >= 11 is 0. The van der Waals surface area contributed by atoms with Crippen LogP contribution in [0.1, 0.15) is 310 Å². The van der Waals surface area contributed by atoms with Crippen LogP contribution in [0.15, 0.2) is 72.9 Å². The van der Waals surface area contributed by atoms with Crippen molar-refractivity contribution in [3.8, 4) is 0 Å². The van der Waals surface area contributed by atoms with Crippen molar-refractivity contribution in [1.82, 2.24) is 5.32 Å². The van der Waals surface area contributed by atoms with Crippen molar-refractivity contribution in [3.05, 3.63) is 72.9 Å². The molecule has 0 aromatic rings. The van der Waals surface area contributed by atoms with Gasteiger partial charge in [0.15, 0.2) is 0 Å². The van der Waals surface area contributed by atoms with Crippen LogP contribution in [0.5, 0.6) is 0 Å². The highest BCUT2D eigenvalue weighted by atomic mass is 31.2. The second-order valence-corrected chi connectivity index (χ2v) is 25.4. The predicted octanol–water partition coefficient (Wildman–Crippen LogP) is 21.2. The number of phosphoric ester groups is 1. The largest absolute Gasteiger partial charge is 0.472 e. The topological polar surface area (TPSA) is 111 Å². The van der Waals surface area contributed by atoms with Gasteiger partial charge in [-0.05, 0) is 76.7 Å². The Morgan fingerprint density at radius 1 is 0.450 bits per heavy atom. The maximum atomic E-state index is 13.6. The molecule has 0 rings (SSSR count). The molecular formula is C70H130N2O7P+. The second-order valence-electron chi connectivity index (χ2n) is 24.0. The lowest BCUT2D eigenvalue weighted by molar-refractivity contribution is -0.870. The van der Waals surface area contributed by atoms with E-state index >= 15 is 0 Å². The molecule has 0 spiro atoms. The van der Waals surface area contributed by atoms with Gasteiger partial charge in [0.2, 0.25) is 5.91 Å². The van der Waals surface area contributed by atoms with Crippen molar-refractivity contribution in [1.29, 1.82) is 0 Å². The molecule has 0 radical (unpaired) electrons. The summed E-state index contributed by atoms with van der Waals surface area (Å²) in [7, 11) is 1.50. The van der Waals surface area contributed by atoms with Crippen LogP contribution in [0, 0.1) is 0 Å². The Labute approximate surface area is 495 Å². The molecule has 0 saturated carbocycles. The van der Waals surface area contributed by atoms with E-state index in [1.54, 1.807) is 0 Å². The smallest absolute Gasteiger partial charge is 0.456 e. The lowest BCUT2D eigenvalue weighted by Gasteiger charge is -2.27. The van der Waals surface area contributed by atoms with Crippen LogP contribution in [0.2, 0.25) is 0 Å². The number of unbranched alkanes of at least 4 members (excludes halogenated alkanes) is 35. The molecule has 0 aromatic carbocycles. The third-order valence-corrected chi connectivity index (χ3v) is 15.9. The zero-order valence-corrected chi connectivity index (χ0v) is 54.2. The van der Waals surface area contributed by atoms with E-state index in [1.807, 2.05) is 33.3 Å². The number of amides is 1. The Kier molecular flexibility index (Phi) is 57.7. The Hall–Kier alpha value is -2.55. The third-order valence-electron chi connectivity index (χ3n) is 14.9. The summed E-state index contributed by atoms with van der Waals surface area (Å²) in [6.07, 6.45) is 77.6. The van der Waals surface area contributed by atoms with E-state index in [0.717, 1.165) is 103 Å². The molecule has 3 unspecified atom stereocenters. The van der Waals surface area contributed by atoms with E-state index in [1.165, 1.54) is 173 Å². The predicted molar refractivity (Wildman–Crippen MR) is 346 cm³/mol. The van der Waals surface area contributed by atoms with Crippen LogP contribution in [0.3, 0.4) is 0 Å². The van der Waals surface area contributed by atoms with Gasteiger partial charge in [0.1, 0.15) is 19.3 Å². The molecule has 3 atom stereocenters. The van der Waals surface area contributed by atoms with Gasteiger partial charge in [0.25, 0.3) is 0 Å². The zero-order chi connectivity index (χ0) is 58.6. The van der Waals surface area contributed by atoms with E-state index in [-0.39, 0.29) is 25.1 Å². The zero-order valence-electron chi connectivity index (χ0n) is 53.3. The maximum Gasteiger partial charge on any atom is 0.472 e. The molecule has 0 bridgehead atoms. The minimum Gasteiger partial charge on any atom is -0.456 e. The minimum absolute atomic E-state index is 0.0383. The third kappa shape index (κ3) is 60.1. The van der Waals surface area contributed by atoms with Crippen molar-refractivity contribution < 1.29 is 37.3 Å². The number of nitrogens with one attached hydrogen (secondary N) is 1. The monoisotopic (exact) mass is 1140 g/mol. The Balaban J connectivity index is 5.12. The van der Waals surface area contributed by atoms with E-state index in [9.17, 15) is 19.0 Å². The van der Waals surface area contributed by atoms with Crippen molar-refractivity contribution in [3.63, 3.8) is 0 Å². The fourth-order valence-corrected chi connectivity index (χ4v) is 10.5. The Bertz CT molecular complexity index is 1600. The number of rotatable bonds is 61. The minimum atomic E-state index is -4.45. The average molecular weight is 1140 g/mol. The van der Waals surface area contributed by atoms with Crippen LogP contribution < -0.4 is 5.32 Å². The first-order chi connectivity index (χ1) is 38.9. The number of carbonyl (C=O) groups is 2. The number of ether oxygens (including phenoxy) is 1. The number of allylic oxidation sites excluding steroid dienone is 11. The quantitative estimate of drug-likeness (QED) is 0.0205. The molecule has 0 fully saturated rings. The maximum absolute atomic E-state index is 13.6. The highest BCUT2D eigenvalue weighted by Crippen LogP contribution is 2.43. The molecule has 466 valence electrons. The van der Waals surface area contributed by atoms with Crippen LogP contribution in [0.25, 0.3) is 0 Å². The molecule has 0 aliphatic rings. The summed E-state index contributed by atoms with van der Waals surface area (Å²) in [5, 5.41) is 3.07. The highest BCUT2D eigenvalue weighted by molar-refractivity contribution is 7.47. The van der Waals surface area contributed by atoms with Gasteiger partial charge in [0, 0.05) is 12.8 Å². The molecule has 0 heterocycles. The average Bonchev–Trinajstić information content (AvgIpc) is 3.42. The first-order valence-corrected chi connectivity index (χ1v) is 35.3. The summed E-state index contributed by atoms with van der Waals surface area (Å²) in [6, 6.07) is -0.852. The summed E-state index contributed by atoms with van der Waals surface area (Å²) in [5.74, 6) is -0.502.